The van der Waals surface area contributed by atoms with E-state index >= 15 is 0 Å². The number of thioether (sulfide) groups is 1. The first-order chi connectivity index (χ1) is 10.9. The van der Waals surface area contributed by atoms with E-state index in [-0.39, 0.29) is 22.6 Å². The van der Waals surface area contributed by atoms with Gasteiger partial charge < -0.3 is 5.32 Å². The Kier molecular flexibility index (Phi) is 5.81. The smallest absolute Gasteiger partial charge is 0.348 e. The number of nitrogens with one attached hydrogen (secondary N) is 1. The van der Waals surface area contributed by atoms with Gasteiger partial charge in [-0.3, -0.25) is 9.78 Å². The monoisotopic (exact) mass is 338 g/mol. The van der Waals surface area contributed by atoms with E-state index in [0.29, 0.717) is 12.1 Å². The van der Waals surface area contributed by atoms with Crippen LogP contribution in [0.25, 0.3) is 6.08 Å². The summed E-state index contributed by atoms with van der Waals surface area (Å²) in [6, 6.07) is 9.40. The normalized spacial score (nSPS) is 11.6. The molecule has 0 aliphatic rings. The lowest BCUT2D eigenvalue weighted by Gasteiger charge is -2.05. The lowest BCUT2D eigenvalue weighted by molar-refractivity contribution is -0.116. The molecular formula is C16H13F3N2OS. The van der Waals surface area contributed by atoms with Gasteiger partial charge in [0, 0.05) is 29.9 Å². The Bertz CT molecular complexity index is 670. The third-order valence-corrected chi connectivity index (χ3v) is 3.47. The van der Waals surface area contributed by atoms with E-state index in [0.717, 1.165) is 5.56 Å². The topological polar surface area (TPSA) is 42.0 Å². The van der Waals surface area contributed by atoms with Crippen LogP contribution in [0.15, 0.2) is 59.8 Å². The molecular weight excluding hydrogens is 325 g/mol. The van der Waals surface area contributed by atoms with Crippen LogP contribution >= 0.6 is 11.8 Å². The molecule has 1 heterocycles. The molecule has 1 aromatic heterocycles. The summed E-state index contributed by atoms with van der Waals surface area (Å²) in [7, 11) is 0. The van der Waals surface area contributed by atoms with Crippen LogP contribution in [-0.2, 0) is 11.3 Å². The summed E-state index contributed by atoms with van der Waals surface area (Å²) >= 11 is -0.170. The molecule has 0 atom stereocenters. The Balaban J connectivity index is 1.86. The van der Waals surface area contributed by atoms with Crippen molar-refractivity contribution in [1.82, 2.24) is 10.3 Å². The molecule has 120 valence electrons. The molecule has 0 bridgehead atoms. The lowest BCUT2D eigenvalue weighted by Crippen LogP contribution is -2.20. The van der Waals surface area contributed by atoms with Crippen molar-refractivity contribution in [3.05, 3.63) is 66.0 Å². The predicted molar refractivity (Wildman–Crippen MR) is 83.5 cm³/mol. The molecule has 23 heavy (non-hydrogen) atoms. The molecule has 0 unspecified atom stereocenters. The van der Waals surface area contributed by atoms with Crippen LogP contribution in [0.3, 0.4) is 0 Å². The number of aromatic nitrogens is 1. The van der Waals surface area contributed by atoms with E-state index in [4.69, 9.17) is 0 Å². The molecule has 3 nitrogen and oxygen atoms in total. The molecule has 0 fully saturated rings. The van der Waals surface area contributed by atoms with Gasteiger partial charge in [0.25, 0.3) is 0 Å². The molecule has 0 saturated heterocycles. The fourth-order valence-electron chi connectivity index (χ4n) is 1.70. The molecule has 0 spiro atoms. The van der Waals surface area contributed by atoms with Crippen molar-refractivity contribution in [1.29, 1.82) is 0 Å². The van der Waals surface area contributed by atoms with Crippen LogP contribution < -0.4 is 5.32 Å². The number of amides is 1. The second kappa shape index (κ2) is 7.82. The number of halogens is 3. The van der Waals surface area contributed by atoms with Gasteiger partial charge in [-0.05, 0) is 47.2 Å². The molecule has 7 heteroatoms. The Morgan fingerprint density at radius 3 is 2.57 bits per heavy atom. The van der Waals surface area contributed by atoms with Crippen molar-refractivity contribution < 1.29 is 18.0 Å². The fraction of sp³-hybridized carbons (Fsp3) is 0.125. The van der Waals surface area contributed by atoms with E-state index in [9.17, 15) is 18.0 Å². The highest BCUT2D eigenvalue weighted by molar-refractivity contribution is 8.00. The summed E-state index contributed by atoms with van der Waals surface area (Å²) in [5, 5.41) is 2.69. The average molecular weight is 338 g/mol. The molecule has 2 rings (SSSR count). The molecule has 1 aromatic carbocycles. The average Bonchev–Trinajstić information content (AvgIpc) is 2.52. The van der Waals surface area contributed by atoms with Crippen LogP contribution in [0, 0.1) is 0 Å². The van der Waals surface area contributed by atoms with E-state index < -0.39 is 5.51 Å². The number of pyridine rings is 1. The van der Waals surface area contributed by atoms with Gasteiger partial charge >= 0.3 is 5.51 Å². The van der Waals surface area contributed by atoms with Gasteiger partial charge in [0.2, 0.25) is 5.91 Å². The Morgan fingerprint density at radius 2 is 1.96 bits per heavy atom. The first-order valence-electron chi connectivity index (χ1n) is 6.63. The fourth-order valence-corrected chi connectivity index (χ4v) is 2.24. The van der Waals surface area contributed by atoms with Crippen molar-refractivity contribution >= 4 is 23.7 Å². The zero-order valence-electron chi connectivity index (χ0n) is 11.9. The summed E-state index contributed by atoms with van der Waals surface area (Å²) in [6.45, 7) is 0.359. The number of benzene rings is 1. The first-order valence-corrected chi connectivity index (χ1v) is 7.45. The number of alkyl halides is 3. The van der Waals surface area contributed by atoms with Gasteiger partial charge in [-0.1, -0.05) is 18.2 Å². The third kappa shape index (κ3) is 6.56. The molecule has 1 amide bonds. The van der Waals surface area contributed by atoms with Crippen LogP contribution in [0.4, 0.5) is 13.2 Å². The maximum Gasteiger partial charge on any atom is 0.446 e. The zero-order chi connectivity index (χ0) is 16.7. The van der Waals surface area contributed by atoms with Crippen molar-refractivity contribution in [2.24, 2.45) is 0 Å². The summed E-state index contributed by atoms with van der Waals surface area (Å²) < 4.78 is 36.6. The quantitative estimate of drug-likeness (QED) is 0.661. The number of rotatable bonds is 5. The summed E-state index contributed by atoms with van der Waals surface area (Å²) in [5.41, 5.74) is -2.78. The van der Waals surface area contributed by atoms with Crippen LogP contribution in [0.2, 0.25) is 0 Å². The standard InChI is InChI=1S/C16H13F3N2OS/c17-16(18,19)23-14-6-3-12(4-7-14)5-8-15(22)21-11-13-2-1-9-20-10-13/h1-10H,11H2,(H,21,22)/b8-5+. The largest absolute Gasteiger partial charge is 0.446 e. The van der Waals surface area contributed by atoms with Crippen LogP contribution in [-0.4, -0.2) is 16.4 Å². The van der Waals surface area contributed by atoms with Gasteiger partial charge in [-0.25, -0.2) is 0 Å². The summed E-state index contributed by atoms with van der Waals surface area (Å²) in [6.07, 6.45) is 6.18. The van der Waals surface area contributed by atoms with E-state index in [1.165, 1.54) is 30.3 Å². The van der Waals surface area contributed by atoms with Crippen molar-refractivity contribution in [3.63, 3.8) is 0 Å². The SMILES string of the molecule is O=C(/C=C/c1ccc(SC(F)(F)F)cc1)NCc1cccnc1. The predicted octanol–water partition coefficient (Wildman–Crippen LogP) is 4.02. The Hall–Kier alpha value is -2.28. The highest BCUT2D eigenvalue weighted by Gasteiger charge is 2.28. The molecule has 0 aliphatic carbocycles. The van der Waals surface area contributed by atoms with Gasteiger partial charge in [0.05, 0.1) is 0 Å². The van der Waals surface area contributed by atoms with Gasteiger partial charge in [-0.15, -0.1) is 0 Å². The minimum Gasteiger partial charge on any atom is -0.348 e. The molecule has 2 aromatic rings. The van der Waals surface area contributed by atoms with Crippen molar-refractivity contribution in [2.45, 2.75) is 16.9 Å². The molecule has 0 radical (unpaired) electrons. The Morgan fingerprint density at radius 1 is 1.22 bits per heavy atom. The minimum absolute atomic E-state index is 0.107. The van der Waals surface area contributed by atoms with Gasteiger partial charge in [0.1, 0.15) is 0 Å². The maximum atomic E-state index is 12.2. The Labute approximate surface area is 135 Å². The highest BCUT2D eigenvalue weighted by atomic mass is 32.2. The number of hydrogen-bond donors (Lipinski definition) is 1. The number of carbonyl (C=O) groups excluding carboxylic acids is 1. The van der Waals surface area contributed by atoms with Crippen LogP contribution in [0.5, 0.6) is 0 Å². The molecule has 1 N–H and O–H groups in total. The zero-order valence-corrected chi connectivity index (χ0v) is 12.7. The molecule has 0 saturated carbocycles. The summed E-state index contributed by atoms with van der Waals surface area (Å²) in [4.78, 5) is 15.7. The minimum atomic E-state index is -4.30. The second-order valence-electron chi connectivity index (χ2n) is 4.53. The molecule has 0 aliphatic heterocycles. The van der Waals surface area contributed by atoms with E-state index in [1.54, 1.807) is 24.5 Å². The van der Waals surface area contributed by atoms with Gasteiger partial charge in [0.15, 0.2) is 0 Å². The number of carbonyl (C=O) groups is 1. The van der Waals surface area contributed by atoms with Gasteiger partial charge in [-0.2, -0.15) is 13.2 Å². The first kappa shape index (κ1) is 17.1. The van der Waals surface area contributed by atoms with E-state index in [2.05, 4.69) is 10.3 Å². The maximum absolute atomic E-state index is 12.2. The number of hydrogen-bond acceptors (Lipinski definition) is 3. The van der Waals surface area contributed by atoms with Crippen molar-refractivity contribution in [2.75, 3.05) is 0 Å². The van der Waals surface area contributed by atoms with E-state index in [1.807, 2.05) is 6.07 Å². The second-order valence-corrected chi connectivity index (χ2v) is 5.67. The van der Waals surface area contributed by atoms with Crippen molar-refractivity contribution in [3.8, 4) is 0 Å². The number of nitrogens with zero attached hydrogens (tertiary/aromatic N) is 1. The van der Waals surface area contributed by atoms with Crippen LogP contribution in [0.1, 0.15) is 11.1 Å². The third-order valence-electron chi connectivity index (χ3n) is 2.73. The lowest BCUT2D eigenvalue weighted by atomic mass is 10.2. The summed E-state index contributed by atoms with van der Waals surface area (Å²) in [5.74, 6) is -0.289. The highest BCUT2D eigenvalue weighted by Crippen LogP contribution is 2.36.